The zero-order valence-electron chi connectivity index (χ0n) is 12.5. The molecule has 23 heavy (non-hydrogen) atoms. The van der Waals surface area contributed by atoms with Gasteiger partial charge in [-0.15, -0.1) is 0 Å². The molecule has 1 amide bonds. The molecule has 4 nitrogen and oxygen atoms in total. The van der Waals surface area contributed by atoms with E-state index in [1.165, 1.54) is 5.56 Å². The minimum Gasteiger partial charge on any atom is -0.506 e. The molecule has 0 aliphatic rings. The van der Waals surface area contributed by atoms with E-state index in [1.807, 2.05) is 24.3 Å². The lowest BCUT2D eigenvalue weighted by Crippen LogP contribution is -2.19. The van der Waals surface area contributed by atoms with Crippen molar-refractivity contribution in [2.75, 3.05) is 0 Å². The normalized spacial score (nSPS) is 10.9. The van der Waals surface area contributed by atoms with Gasteiger partial charge in [-0.1, -0.05) is 31.2 Å². The van der Waals surface area contributed by atoms with Crippen LogP contribution in [-0.4, -0.2) is 17.2 Å². The number of carbonyl (C=O) groups excluding carboxylic acids is 1. The van der Waals surface area contributed by atoms with Crippen molar-refractivity contribution >= 4 is 57.3 Å². The summed E-state index contributed by atoms with van der Waals surface area (Å²) in [4.78, 5) is 11.9. The Hall–Kier alpha value is -1.16. The van der Waals surface area contributed by atoms with E-state index in [-0.39, 0.29) is 11.7 Å². The van der Waals surface area contributed by atoms with E-state index in [0.717, 1.165) is 24.7 Å². The van der Waals surface area contributed by atoms with Gasteiger partial charge in [0.25, 0.3) is 0 Å². The molecular weight excluding hydrogens is 518 g/mol. The highest BCUT2D eigenvalue weighted by Crippen LogP contribution is 2.26. The first-order valence-corrected chi connectivity index (χ1v) is 9.23. The Balaban J connectivity index is 1.93. The lowest BCUT2D eigenvalue weighted by molar-refractivity contribution is -0.120. The molecule has 2 aromatic rings. The van der Waals surface area contributed by atoms with Crippen molar-refractivity contribution < 1.29 is 9.90 Å². The van der Waals surface area contributed by atoms with Crippen molar-refractivity contribution in [3.8, 4) is 5.75 Å². The summed E-state index contributed by atoms with van der Waals surface area (Å²) in [5, 5.41) is 13.7. The lowest BCUT2D eigenvalue weighted by Gasteiger charge is -2.03. The Morgan fingerprint density at radius 2 is 1.74 bits per heavy atom. The average molecular weight is 534 g/mol. The molecule has 0 saturated heterocycles. The first-order chi connectivity index (χ1) is 11.0. The number of rotatable bonds is 5. The van der Waals surface area contributed by atoms with Gasteiger partial charge in [0.1, 0.15) is 5.75 Å². The van der Waals surface area contributed by atoms with E-state index < -0.39 is 0 Å². The van der Waals surface area contributed by atoms with Gasteiger partial charge in [0.15, 0.2) is 0 Å². The van der Waals surface area contributed by atoms with Gasteiger partial charge < -0.3 is 5.11 Å². The van der Waals surface area contributed by atoms with Crippen LogP contribution >= 0.6 is 45.2 Å². The molecule has 0 spiro atoms. The summed E-state index contributed by atoms with van der Waals surface area (Å²) in [6, 6.07) is 11.6. The van der Waals surface area contributed by atoms with E-state index in [4.69, 9.17) is 0 Å². The van der Waals surface area contributed by atoms with Crippen molar-refractivity contribution in [3.05, 3.63) is 60.2 Å². The first-order valence-electron chi connectivity index (χ1n) is 7.07. The highest BCUT2D eigenvalue weighted by molar-refractivity contribution is 14.1. The molecule has 0 aliphatic carbocycles. The quantitative estimate of drug-likeness (QED) is 0.348. The summed E-state index contributed by atoms with van der Waals surface area (Å²) in [5.74, 6) is 0.108. The summed E-state index contributed by atoms with van der Waals surface area (Å²) >= 11 is 4.12. The van der Waals surface area contributed by atoms with Gasteiger partial charge in [0, 0.05) is 0 Å². The van der Waals surface area contributed by atoms with E-state index >= 15 is 0 Å². The number of aromatic hydroxyl groups is 1. The van der Waals surface area contributed by atoms with E-state index in [0.29, 0.717) is 6.42 Å². The number of aryl methyl sites for hydroxylation is 1. The highest BCUT2D eigenvalue weighted by Gasteiger charge is 2.05. The molecule has 0 heterocycles. The van der Waals surface area contributed by atoms with E-state index in [2.05, 4.69) is 62.6 Å². The molecule has 0 aromatic heterocycles. The van der Waals surface area contributed by atoms with Crippen LogP contribution in [0.3, 0.4) is 0 Å². The van der Waals surface area contributed by atoms with Gasteiger partial charge >= 0.3 is 0 Å². The number of carbonyl (C=O) groups is 1. The summed E-state index contributed by atoms with van der Waals surface area (Å²) < 4.78 is 1.50. The van der Waals surface area contributed by atoms with Crippen LogP contribution in [0.5, 0.6) is 5.75 Å². The summed E-state index contributed by atoms with van der Waals surface area (Å²) in [6.07, 6.45) is 2.86. The lowest BCUT2D eigenvalue weighted by atomic mass is 10.1. The summed E-state index contributed by atoms with van der Waals surface area (Å²) in [7, 11) is 0. The zero-order chi connectivity index (χ0) is 16.8. The first kappa shape index (κ1) is 18.2. The zero-order valence-corrected chi connectivity index (χ0v) is 16.8. The van der Waals surface area contributed by atoms with Gasteiger partial charge in [-0.05, 0) is 80.4 Å². The van der Waals surface area contributed by atoms with E-state index in [9.17, 15) is 9.90 Å². The molecule has 120 valence electrons. The summed E-state index contributed by atoms with van der Waals surface area (Å²) in [6.45, 7) is 2.10. The topological polar surface area (TPSA) is 61.7 Å². The maximum atomic E-state index is 11.9. The maximum absolute atomic E-state index is 11.9. The fourth-order valence-corrected chi connectivity index (χ4v) is 3.77. The molecule has 0 aliphatic heterocycles. The third kappa shape index (κ3) is 5.45. The minimum atomic E-state index is -0.159. The van der Waals surface area contributed by atoms with Crippen LogP contribution in [0.1, 0.15) is 23.6 Å². The van der Waals surface area contributed by atoms with Gasteiger partial charge in [-0.3, -0.25) is 4.79 Å². The molecule has 2 rings (SSSR count). The molecule has 2 aromatic carbocycles. The molecule has 0 bridgehead atoms. The van der Waals surface area contributed by atoms with Gasteiger partial charge in [-0.2, -0.15) is 5.10 Å². The molecule has 0 radical (unpaired) electrons. The SMILES string of the molecule is CCc1ccc(CC(=O)N/N=C/c2cc(I)c(O)c(I)c2)cc1. The highest BCUT2D eigenvalue weighted by atomic mass is 127. The smallest absolute Gasteiger partial charge is 0.244 e. The number of nitrogens with zero attached hydrogens (tertiary/aromatic N) is 1. The van der Waals surface area contributed by atoms with Gasteiger partial charge in [0.05, 0.1) is 19.8 Å². The fraction of sp³-hybridized carbons (Fsp3) is 0.176. The Labute approximate surface area is 162 Å². The van der Waals surface area contributed by atoms with Crippen LogP contribution < -0.4 is 5.43 Å². The molecule has 0 saturated carbocycles. The van der Waals surface area contributed by atoms with Crippen molar-refractivity contribution in [1.29, 1.82) is 0 Å². The number of halogens is 2. The average Bonchev–Trinajstić information content (AvgIpc) is 2.53. The second-order valence-electron chi connectivity index (χ2n) is 4.97. The predicted octanol–water partition coefficient (Wildman–Crippen LogP) is 3.86. The maximum Gasteiger partial charge on any atom is 0.244 e. The number of nitrogens with one attached hydrogen (secondary N) is 1. The second-order valence-corrected chi connectivity index (χ2v) is 7.30. The third-order valence-corrected chi connectivity index (χ3v) is 4.88. The Bertz CT molecular complexity index is 705. The number of phenolic OH excluding ortho intramolecular Hbond substituents is 1. The second kappa shape index (κ2) is 8.62. The van der Waals surface area contributed by atoms with Crippen molar-refractivity contribution in [2.24, 2.45) is 5.10 Å². The Kier molecular flexibility index (Phi) is 6.82. The number of hydrogen-bond acceptors (Lipinski definition) is 3. The van der Waals surface area contributed by atoms with Crippen LogP contribution in [0.4, 0.5) is 0 Å². The van der Waals surface area contributed by atoms with Crippen LogP contribution in [-0.2, 0) is 17.6 Å². The van der Waals surface area contributed by atoms with Crippen LogP contribution in [0, 0.1) is 7.14 Å². The number of hydrazone groups is 1. The number of phenols is 1. The number of amides is 1. The van der Waals surface area contributed by atoms with Crippen LogP contribution in [0.2, 0.25) is 0 Å². The van der Waals surface area contributed by atoms with Crippen molar-refractivity contribution in [3.63, 3.8) is 0 Å². The largest absolute Gasteiger partial charge is 0.506 e. The predicted molar refractivity (Wildman–Crippen MR) is 109 cm³/mol. The number of benzene rings is 2. The number of hydrogen-bond donors (Lipinski definition) is 2. The monoisotopic (exact) mass is 534 g/mol. The fourth-order valence-electron chi connectivity index (χ4n) is 1.96. The molecule has 6 heteroatoms. The van der Waals surface area contributed by atoms with Crippen LogP contribution in [0.25, 0.3) is 0 Å². The Morgan fingerprint density at radius 3 is 2.30 bits per heavy atom. The van der Waals surface area contributed by atoms with Crippen molar-refractivity contribution in [1.82, 2.24) is 5.43 Å². The molecule has 0 unspecified atom stereocenters. The van der Waals surface area contributed by atoms with Crippen molar-refractivity contribution in [2.45, 2.75) is 19.8 Å². The summed E-state index contributed by atoms with van der Waals surface area (Å²) in [5.41, 5.74) is 5.56. The van der Waals surface area contributed by atoms with Gasteiger partial charge in [-0.25, -0.2) is 5.43 Å². The van der Waals surface area contributed by atoms with Gasteiger partial charge in [0.2, 0.25) is 5.91 Å². The molecule has 0 atom stereocenters. The van der Waals surface area contributed by atoms with Crippen LogP contribution in [0.15, 0.2) is 41.5 Å². The van der Waals surface area contributed by atoms with E-state index in [1.54, 1.807) is 18.3 Å². The molecular formula is C17H16I2N2O2. The Morgan fingerprint density at radius 1 is 1.17 bits per heavy atom. The molecule has 0 fully saturated rings. The minimum absolute atomic E-state index is 0.159. The molecule has 2 N–H and O–H groups in total. The third-order valence-electron chi connectivity index (χ3n) is 3.24. The standard InChI is InChI=1S/C17H16I2N2O2/c1-2-11-3-5-12(6-4-11)9-16(22)21-20-10-13-7-14(18)17(23)15(19)8-13/h3-8,10,23H,2,9H2,1H3,(H,21,22)/b20-10+.